The monoisotopic (exact) mass is 1020 g/mol. The van der Waals surface area contributed by atoms with Crippen LogP contribution in [0.25, 0.3) is 33.4 Å². The second-order valence-corrected chi connectivity index (χ2v) is 14.0. The fourth-order valence-electron chi connectivity index (χ4n) is 5.77. The van der Waals surface area contributed by atoms with Gasteiger partial charge in [-0.25, -0.2) is 87.8 Å². The first-order valence-corrected chi connectivity index (χ1v) is 17.9. The highest BCUT2D eigenvalue weighted by Gasteiger charge is 2.51. The fourth-order valence-corrected chi connectivity index (χ4v) is 7.12. The molecule has 0 aliphatic heterocycles. The van der Waals surface area contributed by atoms with Crippen molar-refractivity contribution in [2.24, 2.45) is 0 Å². The summed E-state index contributed by atoms with van der Waals surface area (Å²) in [5, 5.41) is 0. The number of benzene rings is 6. The molecule has 0 spiro atoms. The summed E-state index contributed by atoms with van der Waals surface area (Å²) in [6.07, 6.45) is 0. The van der Waals surface area contributed by atoms with Gasteiger partial charge in [0.1, 0.15) is 0 Å². The number of rotatable bonds is 9. The summed E-state index contributed by atoms with van der Waals surface area (Å²) >= 11 is -6.45. The van der Waals surface area contributed by atoms with Gasteiger partial charge >= 0.3 is 15.1 Å². The average molecular weight is 1020 g/mol. The lowest BCUT2D eigenvalue weighted by Crippen LogP contribution is -2.39. The molecule has 0 N–H and O–H groups in total. The predicted molar refractivity (Wildman–Crippen MR) is 167 cm³/mol. The van der Waals surface area contributed by atoms with Gasteiger partial charge in [0.2, 0.25) is 46.5 Å². The van der Waals surface area contributed by atoms with Crippen molar-refractivity contribution in [2.75, 3.05) is 0 Å². The van der Waals surface area contributed by atoms with Gasteiger partial charge < -0.3 is 11.4 Å². The van der Waals surface area contributed by atoms with Gasteiger partial charge in [0.15, 0.2) is 122 Å². The average Bonchev–Trinajstić information content (AvgIpc) is 3.30. The highest BCUT2D eigenvalue weighted by molar-refractivity contribution is 6.39. The van der Waals surface area contributed by atoms with Gasteiger partial charge in [0, 0.05) is 5.56 Å². The van der Waals surface area contributed by atoms with Crippen molar-refractivity contribution < 1.29 is 126 Å². The molecule has 3 nitrogen and oxygen atoms in total. The Morgan fingerprint density at radius 1 is 0.194 bits per heavy atom. The second kappa shape index (κ2) is 17.6. The van der Waals surface area contributed by atoms with Crippen molar-refractivity contribution in [3.8, 4) is 50.6 Å². The third-order valence-electron chi connectivity index (χ3n) is 8.96. The van der Waals surface area contributed by atoms with E-state index in [0.29, 0.717) is 6.92 Å². The Balaban J connectivity index is 1.60. The van der Waals surface area contributed by atoms with Crippen LogP contribution >= 0.6 is 0 Å². The van der Waals surface area contributed by atoms with Crippen LogP contribution in [-0.2, 0) is 0 Å². The summed E-state index contributed by atoms with van der Waals surface area (Å²) in [5.41, 5.74) is -18.1. The Hall–Kier alpha value is -6.57. The second-order valence-electron chi connectivity index (χ2n) is 12.7. The zero-order chi connectivity index (χ0) is 50.5. The van der Waals surface area contributed by atoms with Crippen LogP contribution in [0, 0.1) is 158 Å². The van der Waals surface area contributed by atoms with Crippen LogP contribution in [0.5, 0.6) is 17.2 Å². The van der Waals surface area contributed by atoms with Crippen LogP contribution in [0.2, 0.25) is 0 Å². The van der Waals surface area contributed by atoms with E-state index in [2.05, 4.69) is 11.4 Å². The maximum Gasteiger partial charge on any atom is 1.20 e. The van der Waals surface area contributed by atoms with E-state index in [1.807, 2.05) is 0 Å². The predicted octanol–water partition coefficient (Wildman–Crippen LogP) is 13.1. The summed E-state index contributed by atoms with van der Waals surface area (Å²) < 4.78 is 395. The topological polar surface area (TPSA) is 27.7 Å². The van der Waals surface area contributed by atoms with E-state index in [1.165, 1.54) is 0 Å². The minimum absolute atomic E-state index is 0.335. The Morgan fingerprint density at radius 3 is 0.507 bits per heavy atom. The largest absolute Gasteiger partial charge is 1.20 e. The molecule has 0 saturated carbocycles. The fraction of sp³-hybridized carbons (Fsp3) is 0.0270. The summed E-state index contributed by atoms with van der Waals surface area (Å²) in [6.45, 7) is 0.335. The summed E-state index contributed by atoms with van der Waals surface area (Å²) in [6, 6.07) is 0. The third-order valence-corrected chi connectivity index (χ3v) is 10.2. The molecule has 0 aliphatic rings. The van der Waals surface area contributed by atoms with Crippen molar-refractivity contribution in [2.45, 2.75) is 6.92 Å². The Bertz CT molecular complexity index is 2650. The van der Waals surface area contributed by atoms with Crippen LogP contribution in [0.15, 0.2) is 0 Å². The van der Waals surface area contributed by atoms with Crippen LogP contribution in [0.1, 0.15) is 5.56 Å². The zero-order valence-corrected chi connectivity index (χ0v) is 31.8. The van der Waals surface area contributed by atoms with Gasteiger partial charge in [-0.1, -0.05) is 0 Å². The maximum absolute atomic E-state index is 15.5. The van der Waals surface area contributed by atoms with Crippen molar-refractivity contribution in [1.82, 2.24) is 0 Å². The molecular weight excluding hydrogens is 1010 g/mol. The molecule has 0 saturated heterocycles. The van der Waals surface area contributed by atoms with Crippen molar-refractivity contribution in [3.05, 3.63) is 157 Å². The third kappa shape index (κ3) is 7.52. The smallest absolute Gasteiger partial charge is 0.573 e. The lowest BCUT2D eigenvalue weighted by Gasteiger charge is -2.21. The van der Waals surface area contributed by atoms with E-state index >= 15 is 52.7 Å². The van der Waals surface area contributed by atoms with Crippen LogP contribution in [0.4, 0.5) is 114 Å². The molecule has 354 valence electrons. The van der Waals surface area contributed by atoms with Crippen LogP contribution in [0.3, 0.4) is 0 Å². The molecular formula is C37H3AlF26O3. The van der Waals surface area contributed by atoms with E-state index in [9.17, 15) is 61.5 Å². The van der Waals surface area contributed by atoms with Gasteiger partial charge in [0.05, 0.1) is 33.4 Å². The quantitative estimate of drug-likeness (QED) is 0.0625. The van der Waals surface area contributed by atoms with E-state index in [0.717, 1.165) is 0 Å². The van der Waals surface area contributed by atoms with E-state index in [-0.39, 0.29) is 0 Å². The van der Waals surface area contributed by atoms with Gasteiger partial charge in [-0.3, -0.25) is 0 Å². The minimum Gasteiger partial charge on any atom is -0.573 e. The Morgan fingerprint density at radius 2 is 0.328 bits per heavy atom. The first-order valence-electron chi connectivity index (χ1n) is 16.5. The summed E-state index contributed by atoms with van der Waals surface area (Å²) in [5.74, 6) is -90.0. The van der Waals surface area contributed by atoms with Crippen molar-refractivity contribution >= 4 is 15.1 Å². The lowest BCUT2D eigenvalue weighted by molar-refractivity contribution is 0.256. The number of halogens is 26. The van der Waals surface area contributed by atoms with Gasteiger partial charge in [0.25, 0.3) is 0 Å². The van der Waals surface area contributed by atoms with Crippen LogP contribution in [-0.4, -0.2) is 15.1 Å². The zero-order valence-electron chi connectivity index (χ0n) is 30.6. The molecule has 0 atom stereocenters. The molecule has 0 fully saturated rings. The molecule has 6 rings (SSSR count). The summed E-state index contributed by atoms with van der Waals surface area (Å²) in [7, 11) is 0. The van der Waals surface area contributed by atoms with E-state index < -0.39 is 223 Å². The van der Waals surface area contributed by atoms with E-state index in [4.69, 9.17) is 0 Å². The molecule has 67 heavy (non-hydrogen) atoms. The maximum atomic E-state index is 15.5. The molecule has 0 aromatic heterocycles. The lowest BCUT2D eigenvalue weighted by atomic mass is 9.99. The highest BCUT2D eigenvalue weighted by atomic mass is 27.3. The molecule has 6 aromatic carbocycles. The number of hydrogen-bond acceptors (Lipinski definition) is 3. The van der Waals surface area contributed by atoms with Crippen LogP contribution < -0.4 is 11.4 Å². The van der Waals surface area contributed by atoms with Gasteiger partial charge in [-0.05, 0) is 6.92 Å². The first kappa shape index (κ1) is 49.9. The molecule has 0 aliphatic carbocycles. The summed E-state index contributed by atoms with van der Waals surface area (Å²) in [4.78, 5) is 0. The first-order chi connectivity index (χ1) is 31.0. The van der Waals surface area contributed by atoms with Gasteiger partial charge in [-0.15, -0.1) is 0 Å². The standard InChI is InChI=1S/C13H4F8O.2C12HF9O.Al/c1-2-5(14)7(16)3(8(17)6(2)15)4-9(18)11(20)13(22)12(21)10(4)19;2*13-3-1(4(14)8(18)9(19)7(3)17)2-5(15)10(20)12(22)11(21)6(2)16;/h22H,1H3;2*22H;/q;;;+3/p-3. The molecule has 30 heteroatoms. The molecule has 0 radical (unpaired) electrons. The SMILES string of the molecule is Cc1c(F)c(F)c(-c2c(F)c(F)c([O][Al]([O]c3c(F)c(F)c(-c4c(F)c(F)c(F)c(F)c4F)c(F)c3F)[O]c3c(F)c(F)c(-c4c(F)c(F)c(F)c(F)c4F)c(F)c3F)c(F)c2F)c(F)c1F. The molecule has 0 amide bonds. The Labute approximate surface area is 354 Å². The molecule has 0 heterocycles. The number of hydrogen-bond donors (Lipinski definition) is 0. The molecule has 6 aromatic rings. The van der Waals surface area contributed by atoms with Crippen molar-refractivity contribution in [3.63, 3.8) is 0 Å². The van der Waals surface area contributed by atoms with Gasteiger partial charge in [-0.2, -0.15) is 26.3 Å². The Kier molecular flexibility index (Phi) is 13.1. The highest BCUT2D eigenvalue weighted by Crippen LogP contribution is 2.45. The minimum atomic E-state index is -6.45. The molecule has 0 bridgehead atoms. The normalized spacial score (nSPS) is 11.5. The van der Waals surface area contributed by atoms with Crippen molar-refractivity contribution in [1.29, 1.82) is 0 Å². The molecule has 0 unspecified atom stereocenters. The van der Waals surface area contributed by atoms with E-state index in [1.54, 1.807) is 0 Å².